The normalized spacial score (nSPS) is 19.7. The Hall–Kier alpha value is -1.68. The van der Waals surface area contributed by atoms with E-state index in [0.29, 0.717) is 12.0 Å². The van der Waals surface area contributed by atoms with Crippen LogP contribution in [-0.4, -0.2) is 23.2 Å². The Morgan fingerprint density at radius 1 is 1.24 bits per heavy atom. The molecule has 0 spiro atoms. The zero-order valence-electron chi connectivity index (χ0n) is 12.4. The van der Waals surface area contributed by atoms with Crippen molar-refractivity contribution in [3.63, 3.8) is 0 Å². The SMILES string of the molecule is CNC(Cc1nc(C2Cc3ccccc3C2)no1)C1CC1. The molecule has 1 atom stereocenters. The van der Waals surface area contributed by atoms with E-state index in [1.165, 1.54) is 24.0 Å². The molecule has 0 amide bonds. The summed E-state index contributed by atoms with van der Waals surface area (Å²) in [6.07, 6.45) is 5.57. The van der Waals surface area contributed by atoms with Gasteiger partial charge in [-0.25, -0.2) is 0 Å². The molecule has 4 nitrogen and oxygen atoms in total. The van der Waals surface area contributed by atoms with Crippen molar-refractivity contribution in [1.82, 2.24) is 15.5 Å². The lowest BCUT2D eigenvalue weighted by Crippen LogP contribution is -2.29. The highest BCUT2D eigenvalue weighted by molar-refractivity contribution is 5.34. The molecule has 1 aromatic heterocycles. The Kier molecular flexibility index (Phi) is 3.26. The first-order chi connectivity index (χ1) is 10.3. The highest BCUT2D eigenvalue weighted by Gasteiger charge is 2.32. The summed E-state index contributed by atoms with van der Waals surface area (Å²) in [7, 11) is 2.02. The lowest BCUT2D eigenvalue weighted by atomic mass is 10.1. The molecular weight excluding hydrogens is 262 g/mol. The Morgan fingerprint density at radius 3 is 2.57 bits per heavy atom. The molecule has 1 heterocycles. The lowest BCUT2D eigenvalue weighted by molar-refractivity contribution is 0.347. The van der Waals surface area contributed by atoms with Crippen molar-refractivity contribution >= 4 is 0 Å². The van der Waals surface area contributed by atoms with Crippen molar-refractivity contribution in [3.8, 4) is 0 Å². The summed E-state index contributed by atoms with van der Waals surface area (Å²) in [6, 6.07) is 9.12. The number of nitrogens with one attached hydrogen (secondary N) is 1. The third kappa shape index (κ3) is 2.60. The summed E-state index contributed by atoms with van der Waals surface area (Å²) in [4.78, 5) is 4.66. The first-order valence-electron chi connectivity index (χ1n) is 7.90. The maximum Gasteiger partial charge on any atom is 0.228 e. The molecule has 1 saturated carbocycles. The van der Waals surface area contributed by atoms with Crippen molar-refractivity contribution in [1.29, 1.82) is 0 Å². The molecule has 1 N–H and O–H groups in total. The summed E-state index contributed by atoms with van der Waals surface area (Å²) in [5.41, 5.74) is 2.86. The van der Waals surface area contributed by atoms with Gasteiger partial charge < -0.3 is 9.84 Å². The van der Waals surface area contributed by atoms with Crippen LogP contribution >= 0.6 is 0 Å². The van der Waals surface area contributed by atoms with Gasteiger partial charge in [0, 0.05) is 18.4 Å². The molecule has 0 bridgehead atoms. The summed E-state index contributed by atoms with van der Waals surface area (Å²) in [5, 5.41) is 7.61. The lowest BCUT2D eigenvalue weighted by Gasteiger charge is -2.11. The standard InChI is InChI=1S/C17H21N3O/c1-18-15(11-6-7-11)10-16-19-17(20-21-16)14-8-12-4-2-3-5-13(12)9-14/h2-5,11,14-15,18H,6-10H2,1H3. The van der Waals surface area contributed by atoms with Crippen LogP contribution in [0.4, 0.5) is 0 Å². The number of nitrogens with zero attached hydrogens (tertiary/aromatic N) is 2. The van der Waals surface area contributed by atoms with E-state index >= 15 is 0 Å². The van der Waals surface area contributed by atoms with E-state index in [-0.39, 0.29) is 0 Å². The molecule has 1 fully saturated rings. The predicted molar refractivity (Wildman–Crippen MR) is 80.2 cm³/mol. The van der Waals surface area contributed by atoms with Gasteiger partial charge in [0.2, 0.25) is 5.89 Å². The second-order valence-corrected chi connectivity index (χ2v) is 6.36. The third-order valence-corrected chi connectivity index (χ3v) is 4.86. The van der Waals surface area contributed by atoms with Crippen molar-refractivity contribution in [3.05, 3.63) is 47.1 Å². The molecule has 4 rings (SSSR count). The van der Waals surface area contributed by atoms with Crippen LogP contribution in [0.2, 0.25) is 0 Å². The van der Waals surface area contributed by atoms with Crippen LogP contribution in [0.1, 0.15) is 41.6 Å². The van der Waals surface area contributed by atoms with E-state index in [2.05, 4.69) is 39.7 Å². The Bertz CT molecular complexity index is 607. The summed E-state index contributed by atoms with van der Waals surface area (Å²) in [6.45, 7) is 0. The predicted octanol–water partition coefficient (Wildman–Crippen LogP) is 2.49. The number of aromatic nitrogens is 2. The molecule has 1 unspecified atom stereocenters. The van der Waals surface area contributed by atoms with Gasteiger partial charge in [0.1, 0.15) is 0 Å². The summed E-state index contributed by atoms with van der Waals surface area (Å²) < 4.78 is 5.49. The van der Waals surface area contributed by atoms with Crippen LogP contribution in [0.3, 0.4) is 0 Å². The van der Waals surface area contributed by atoms with E-state index in [4.69, 9.17) is 4.52 Å². The highest BCUT2D eigenvalue weighted by atomic mass is 16.5. The van der Waals surface area contributed by atoms with Gasteiger partial charge in [-0.15, -0.1) is 0 Å². The smallest absolute Gasteiger partial charge is 0.228 e. The van der Waals surface area contributed by atoms with E-state index in [9.17, 15) is 0 Å². The molecular formula is C17H21N3O. The van der Waals surface area contributed by atoms with Crippen LogP contribution in [0, 0.1) is 5.92 Å². The number of hydrogen-bond donors (Lipinski definition) is 1. The van der Waals surface area contributed by atoms with E-state index in [1.807, 2.05) is 7.05 Å². The molecule has 2 aliphatic rings. The van der Waals surface area contributed by atoms with Gasteiger partial charge in [0.05, 0.1) is 0 Å². The topological polar surface area (TPSA) is 51.0 Å². The van der Waals surface area contributed by atoms with Gasteiger partial charge >= 0.3 is 0 Å². The van der Waals surface area contributed by atoms with Gasteiger partial charge in [-0.1, -0.05) is 29.4 Å². The Labute approximate surface area is 124 Å². The van der Waals surface area contributed by atoms with E-state index in [0.717, 1.165) is 36.9 Å². The fourth-order valence-corrected chi connectivity index (χ4v) is 3.45. The number of benzene rings is 1. The molecule has 21 heavy (non-hydrogen) atoms. The van der Waals surface area contributed by atoms with Crippen LogP contribution in [0.15, 0.2) is 28.8 Å². The minimum atomic E-state index is 0.383. The monoisotopic (exact) mass is 283 g/mol. The Balaban J connectivity index is 1.46. The van der Waals surface area contributed by atoms with Crippen LogP contribution < -0.4 is 5.32 Å². The zero-order valence-corrected chi connectivity index (χ0v) is 12.4. The summed E-state index contributed by atoms with van der Waals surface area (Å²) in [5.74, 6) is 2.84. The second kappa shape index (κ2) is 5.26. The van der Waals surface area contributed by atoms with Gasteiger partial charge in [-0.05, 0) is 49.8 Å². The number of rotatable bonds is 5. The van der Waals surface area contributed by atoms with Crippen molar-refractivity contribution in [2.24, 2.45) is 5.92 Å². The maximum absolute atomic E-state index is 5.49. The number of fused-ring (bicyclic) bond motifs is 1. The fourth-order valence-electron chi connectivity index (χ4n) is 3.45. The van der Waals surface area contributed by atoms with Crippen molar-refractivity contribution in [2.75, 3.05) is 7.05 Å². The van der Waals surface area contributed by atoms with E-state index < -0.39 is 0 Å². The molecule has 110 valence electrons. The van der Waals surface area contributed by atoms with Crippen molar-refractivity contribution in [2.45, 2.75) is 44.1 Å². The Morgan fingerprint density at radius 2 is 1.95 bits per heavy atom. The first kappa shape index (κ1) is 13.0. The largest absolute Gasteiger partial charge is 0.339 e. The molecule has 4 heteroatoms. The van der Waals surface area contributed by atoms with Gasteiger partial charge in [0.25, 0.3) is 0 Å². The second-order valence-electron chi connectivity index (χ2n) is 6.36. The first-order valence-corrected chi connectivity index (χ1v) is 7.90. The maximum atomic E-state index is 5.49. The van der Waals surface area contributed by atoms with Crippen molar-refractivity contribution < 1.29 is 4.52 Å². The average molecular weight is 283 g/mol. The van der Waals surface area contributed by atoms with E-state index in [1.54, 1.807) is 0 Å². The minimum absolute atomic E-state index is 0.383. The molecule has 0 aliphatic heterocycles. The molecule has 0 radical (unpaired) electrons. The number of likely N-dealkylation sites (N-methyl/N-ethyl adjacent to an activating group) is 1. The highest BCUT2D eigenvalue weighted by Crippen LogP contribution is 2.35. The van der Waals surface area contributed by atoms with Crippen LogP contribution in [-0.2, 0) is 19.3 Å². The third-order valence-electron chi connectivity index (χ3n) is 4.86. The van der Waals surface area contributed by atoms with Gasteiger partial charge in [0.15, 0.2) is 5.82 Å². The molecule has 2 aromatic rings. The summed E-state index contributed by atoms with van der Waals surface area (Å²) >= 11 is 0. The number of hydrogen-bond acceptors (Lipinski definition) is 4. The van der Waals surface area contributed by atoms with Gasteiger partial charge in [-0.3, -0.25) is 0 Å². The van der Waals surface area contributed by atoms with Gasteiger partial charge in [-0.2, -0.15) is 4.98 Å². The van der Waals surface area contributed by atoms with Crippen LogP contribution in [0.25, 0.3) is 0 Å². The minimum Gasteiger partial charge on any atom is -0.339 e. The molecule has 2 aliphatic carbocycles. The fraction of sp³-hybridized carbons (Fsp3) is 0.529. The molecule has 1 aromatic carbocycles. The zero-order chi connectivity index (χ0) is 14.2. The van der Waals surface area contributed by atoms with Crippen LogP contribution in [0.5, 0.6) is 0 Å². The quantitative estimate of drug-likeness (QED) is 0.916. The average Bonchev–Trinajstić information content (AvgIpc) is 3.09. The molecule has 0 saturated heterocycles.